The van der Waals surface area contributed by atoms with E-state index in [9.17, 15) is 9.59 Å². The first-order valence-corrected chi connectivity index (χ1v) is 7.95. The van der Waals surface area contributed by atoms with Crippen LogP contribution < -0.4 is 16.0 Å². The maximum Gasteiger partial charge on any atom is 0.328 e. The molecule has 2 rings (SSSR count). The summed E-state index contributed by atoms with van der Waals surface area (Å²) in [5.41, 5.74) is 7.80. The highest BCUT2D eigenvalue weighted by Crippen LogP contribution is 2.17. The van der Waals surface area contributed by atoms with E-state index in [2.05, 4.69) is 21.2 Å². The highest BCUT2D eigenvalue weighted by molar-refractivity contribution is 9.10. The lowest BCUT2D eigenvalue weighted by Crippen LogP contribution is -2.43. The number of nitrogens with zero attached hydrogens (tertiary/aromatic N) is 1. The van der Waals surface area contributed by atoms with Gasteiger partial charge >= 0.3 is 6.03 Å². The highest BCUT2D eigenvalue weighted by atomic mass is 79.9. The molecule has 120 valence electrons. The van der Waals surface area contributed by atoms with Crippen molar-refractivity contribution in [3.05, 3.63) is 58.6 Å². The molecule has 0 aromatic heterocycles. The minimum Gasteiger partial charge on any atom is -0.399 e. The lowest BCUT2D eigenvalue weighted by atomic mass is 10.1. The van der Waals surface area contributed by atoms with Gasteiger partial charge in [-0.2, -0.15) is 0 Å². The fourth-order valence-corrected chi connectivity index (χ4v) is 2.60. The third kappa shape index (κ3) is 4.82. The molecule has 3 N–H and O–H groups in total. The Morgan fingerprint density at radius 3 is 2.48 bits per heavy atom. The second-order valence-electron chi connectivity index (χ2n) is 5.06. The molecular formula is C17H18BrN3O2. The maximum absolute atomic E-state index is 12.3. The van der Waals surface area contributed by atoms with Crippen molar-refractivity contribution in [2.45, 2.75) is 13.3 Å². The Morgan fingerprint density at radius 2 is 1.87 bits per heavy atom. The van der Waals surface area contributed by atoms with Gasteiger partial charge in [-0.3, -0.25) is 4.79 Å². The van der Waals surface area contributed by atoms with E-state index in [1.807, 2.05) is 24.3 Å². The molecular weight excluding hydrogens is 358 g/mol. The minimum atomic E-state index is -0.447. The third-order valence-corrected chi connectivity index (χ3v) is 3.74. The fraction of sp³-hybridized carbons (Fsp3) is 0.176. The van der Waals surface area contributed by atoms with E-state index in [-0.39, 0.29) is 5.91 Å². The first kappa shape index (κ1) is 17.0. The van der Waals surface area contributed by atoms with Crippen LogP contribution in [0.4, 0.5) is 16.2 Å². The smallest absolute Gasteiger partial charge is 0.328 e. The molecule has 2 aromatic carbocycles. The molecule has 0 unspecified atom stereocenters. The van der Waals surface area contributed by atoms with Gasteiger partial charge in [0.1, 0.15) is 0 Å². The summed E-state index contributed by atoms with van der Waals surface area (Å²) in [5, 5.41) is 2.76. The van der Waals surface area contributed by atoms with Gasteiger partial charge in [0.05, 0.1) is 5.69 Å². The maximum atomic E-state index is 12.3. The van der Waals surface area contributed by atoms with Crippen LogP contribution in [0.25, 0.3) is 0 Å². The molecule has 0 saturated carbocycles. The summed E-state index contributed by atoms with van der Waals surface area (Å²) in [7, 11) is 0. The number of imide groups is 1. The van der Waals surface area contributed by atoms with Gasteiger partial charge in [-0.1, -0.05) is 28.1 Å². The molecule has 0 saturated heterocycles. The Balaban J connectivity index is 1.99. The average Bonchev–Trinajstić information content (AvgIpc) is 2.49. The molecule has 23 heavy (non-hydrogen) atoms. The molecule has 0 aliphatic carbocycles. The van der Waals surface area contributed by atoms with E-state index in [4.69, 9.17) is 5.73 Å². The first-order valence-electron chi connectivity index (χ1n) is 7.16. The van der Waals surface area contributed by atoms with Crippen molar-refractivity contribution in [1.82, 2.24) is 5.32 Å². The van der Waals surface area contributed by atoms with Crippen LogP contribution in [-0.2, 0) is 11.2 Å². The molecule has 0 heterocycles. The Labute approximate surface area is 143 Å². The molecule has 0 atom stereocenters. The van der Waals surface area contributed by atoms with Gasteiger partial charge < -0.3 is 11.1 Å². The number of nitrogen functional groups attached to an aromatic ring is 1. The topological polar surface area (TPSA) is 75.4 Å². The quantitative estimate of drug-likeness (QED) is 0.804. The third-order valence-electron chi connectivity index (χ3n) is 3.25. The summed E-state index contributed by atoms with van der Waals surface area (Å²) in [6.45, 7) is 1.79. The van der Waals surface area contributed by atoms with Crippen LogP contribution in [0.5, 0.6) is 0 Å². The van der Waals surface area contributed by atoms with Crippen LogP contribution in [0.3, 0.4) is 0 Å². The molecule has 0 bridgehead atoms. The Kier molecular flexibility index (Phi) is 5.76. The summed E-state index contributed by atoms with van der Waals surface area (Å²) in [5.74, 6) is -0.352. The standard InChI is InChI=1S/C17H18BrN3O2/c1-12(22)21(16-7-5-15(19)6-8-16)17(23)20-10-9-13-3-2-4-14(18)11-13/h2-8,11H,9-10,19H2,1H3,(H,20,23). The van der Waals surface area contributed by atoms with Crippen LogP contribution in [0.2, 0.25) is 0 Å². The van der Waals surface area contributed by atoms with E-state index < -0.39 is 6.03 Å². The normalized spacial score (nSPS) is 10.2. The fourth-order valence-electron chi connectivity index (χ4n) is 2.15. The summed E-state index contributed by atoms with van der Waals surface area (Å²) >= 11 is 3.41. The predicted molar refractivity (Wildman–Crippen MR) is 95.3 cm³/mol. The molecule has 2 aromatic rings. The van der Waals surface area contributed by atoms with Crippen molar-refractivity contribution < 1.29 is 9.59 Å². The van der Waals surface area contributed by atoms with Crippen molar-refractivity contribution >= 4 is 39.2 Å². The zero-order valence-electron chi connectivity index (χ0n) is 12.8. The molecule has 3 amide bonds. The Morgan fingerprint density at radius 1 is 1.17 bits per heavy atom. The van der Waals surface area contributed by atoms with Crippen molar-refractivity contribution in [1.29, 1.82) is 0 Å². The highest BCUT2D eigenvalue weighted by Gasteiger charge is 2.19. The summed E-state index contributed by atoms with van der Waals surface area (Å²) < 4.78 is 0.994. The van der Waals surface area contributed by atoms with Crippen LogP contribution >= 0.6 is 15.9 Å². The molecule has 5 nitrogen and oxygen atoms in total. The van der Waals surface area contributed by atoms with Crippen LogP contribution in [0.1, 0.15) is 12.5 Å². The molecule has 0 radical (unpaired) electrons. The number of nitrogens with one attached hydrogen (secondary N) is 1. The van der Waals surface area contributed by atoms with E-state index in [1.165, 1.54) is 6.92 Å². The number of anilines is 2. The van der Waals surface area contributed by atoms with Crippen LogP contribution in [0.15, 0.2) is 53.0 Å². The second-order valence-corrected chi connectivity index (χ2v) is 5.97. The molecule has 6 heteroatoms. The number of rotatable bonds is 4. The average molecular weight is 376 g/mol. The monoisotopic (exact) mass is 375 g/mol. The van der Waals surface area contributed by atoms with Gasteiger partial charge in [-0.15, -0.1) is 0 Å². The van der Waals surface area contributed by atoms with E-state index in [1.54, 1.807) is 24.3 Å². The van der Waals surface area contributed by atoms with Crippen molar-refractivity contribution in [3.8, 4) is 0 Å². The van der Waals surface area contributed by atoms with Gasteiger partial charge in [-0.05, 0) is 48.4 Å². The molecule has 0 fully saturated rings. The summed E-state index contributed by atoms with van der Waals surface area (Å²) in [6, 6.07) is 14.0. The largest absolute Gasteiger partial charge is 0.399 e. The Bertz CT molecular complexity index is 701. The van der Waals surface area contributed by atoms with Gasteiger partial charge in [0, 0.05) is 23.6 Å². The zero-order valence-corrected chi connectivity index (χ0v) is 14.3. The van der Waals surface area contributed by atoms with Gasteiger partial charge in [0.2, 0.25) is 5.91 Å². The predicted octanol–water partition coefficient (Wildman–Crippen LogP) is 3.34. The van der Waals surface area contributed by atoms with Gasteiger partial charge in [0.25, 0.3) is 0 Å². The summed E-state index contributed by atoms with van der Waals surface area (Å²) in [4.78, 5) is 25.2. The van der Waals surface area contributed by atoms with Crippen molar-refractivity contribution in [2.24, 2.45) is 0 Å². The summed E-state index contributed by atoms with van der Waals surface area (Å²) in [6.07, 6.45) is 0.679. The Hall–Kier alpha value is -2.34. The van der Waals surface area contributed by atoms with Crippen LogP contribution in [0, 0.1) is 0 Å². The number of benzene rings is 2. The number of hydrogen-bond donors (Lipinski definition) is 2. The molecule has 0 aliphatic heterocycles. The van der Waals surface area contributed by atoms with Gasteiger partial charge in [0.15, 0.2) is 0 Å². The van der Waals surface area contributed by atoms with Crippen LogP contribution in [-0.4, -0.2) is 18.5 Å². The van der Waals surface area contributed by atoms with Crippen molar-refractivity contribution in [2.75, 3.05) is 17.2 Å². The minimum absolute atomic E-state index is 0.352. The van der Waals surface area contributed by atoms with E-state index in [0.717, 1.165) is 14.9 Å². The number of carbonyl (C=O) groups excluding carboxylic acids is 2. The van der Waals surface area contributed by atoms with Gasteiger partial charge in [-0.25, -0.2) is 9.69 Å². The lowest BCUT2D eigenvalue weighted by molar-refractivity contribution is -0.115. The number of hydrogen-bond acceptors (Lipinski definition) is 3. The molecule has 0 spiro atoms. The number of halogens is 1. The lowest BCUT2D eigenvalue weighted by Gasteiger charge is -2.20. The molecule has 0 aliphatic rings. The van der Waals surface area contributed by atoms with E-state index in [0.29, 0.717) is 24.3 Å². The number of amides is 3. The zero-order chi connectivity index (χ0) is 16.8. The number of urea groups is 1. The van der Waals surface area contributed by atoms with E-state index >= 15 is 0 Å². The number of nitrogens with two attached hydrogens (primary N) is 1. The first-order chi connectivity index (χ1) is 11.0. The SMILES string of the molecule is CC(=O)N(C(=O)NCCc1cccc(Br)c1)c1ccc(N)cc1. The van der Waals surface area contributed by atoms with Crippen molar-refractivity contribution in [3.63, 3.8) is 0 Å². The second kappa shape index (κ2) is 7.78. The number of carbonyl (C=O) groups is 2.